The van der Waals surface area contributed by atoms with E-state index in [1.54, 1.807) is 17.8 Å². The molecule has 0 aromatic carbocycles. The molecule has 3 aliphatic rings. The van der Waals surface area contributed by atoms with Crippen LogP contribution in [0.25, 0.3) is 16.6 Å². The molecule has 3 fully saturated rings. The van der Waals surface area contributed by atoms with Gasteiger partial charge in [0.25, 0.3) is 0 Å². The van der Waals surface area contributed by atoms with Crippen molar-refractivity contribution in [3.05, 3.63) is 66.2 Å². The molecule has 7 heterocycles. The Bertz CT molecular complexity index is 1470. The molecule has 7 rings (SSSR count). The Morgan fingerprint density at radius 1 is 1.13 bits per heavy atom. The van der Waals surface area contributed by atoms with Crippen LogP contribution in [0.4, 0.5) is 11.5 Å². The van der Waals surface area contributed by atoms with Crippen LogP contribution in [0.3, 0.4) is 0 Å². The van der Waals surface area contributed by atoms with Crippen molar-refractivity contribution in [1.29, 1.82) is 5.26 Å². The number of hydrogen-bond donors (Lipinski definition) is 1. The number of aromatic nitrogens is 4. The molecule has 39 heavy (non-hydrogen) atoms. The number of ether oxygens (including phenoxy) is 1. The summed E-state index contributed by atoms with van der Waals surface area (Å²) >= 11 is 1.85. The Hall–Kier alpha value is -3.81. The molecule has 1 N–H and O–H groups in total. The van der Waals surface area contributed by atoms with Gasteiger partial charge in [-0.15, -0.1) is 0 Å². The highest BCUT2D eigenvalue weighted by atomic mass is 32.2. The zero-order chi connectivity index (χ0) is 26.8. The van der Waals surface area contributed by atoms with Crippen molar-refractivity contribution in [3.63, 3.8) is 0 Å². The minimum absolute atomic E-state index is 0.519. The van der Waals surface area contributed by atoms with E-state index in [1.165, 1.54) is 12.0 Å². The van der Waals surface area contributed by atoms with Crippen LogP contribution >= 0.6 is 11.8 Å². The third-order valence-electron chi connectivity index (χ3n) is 7.69. The molecule has 9 nitrogen and oxygen atoms in total. The molecule has 0 saturated carbocycles. The lowest BCUT2D eigenvalue weighted by molar-refractivity contribution is -0.00876. The number of anilines is 2. The topological polar surface area (TPSA) is 94.6 Å². The van der Waals surface area contributed by atoms with Gasteiger partial charge in [-0.3, -0.25) is 4.90 Å². The Morgan fingerprint density at radius 3 is 2.69 bits per heavy atom. The lowest BCUT2D eigenvalue weighted by Crippen LogP contribution is -2.68. The number of nitrogens with zero attached hydrogens (tertiary/aromatic N) is 7. The van der Waals surface area contributed by atoms with Gasteiger partial charge in [0.15, 0.2) is 0 Å². The first-order valence-electron chi connectivity index (χ1n) is 13.3. The summed E-state index contributed by atoms with van der Waals surface area (Å²) in [5.74, 6) is 2.76. The molecule has 3 aliphatic heterocycles. The van der Waals surface area contributed by atoms with Crippen LogP contribution in [0.15, 0.2) is 55.1 Å². The van der Waals surface area contributed by atoms with E-state index in [9.17, 15) is 5.26 Å². The Kier molecular flexibility index (Phi) is 7.26. The highest BCUT2D eigenvalue weighted by Gasteiger charge is 2.44. The lowest BCUT2D eigenvalue weighted by atomic mass is 9.87. The fraction of sp³-hybridized carbons (Fsp3) is 0.379. The fourth-order valence-corrected chi connectivity index (χ4v) is 6.10. The van der Waals surface area contributed by atoms with Crippen LogP contribution in [-0.2, 0) is 6.54 Å². The minimum Gasteiger partial charge on any atom is -0.481 e. The van der Waals surface area contributed by atoms with E-state index in [4.69, 9.17) is 9.72 Å². The standard InChI is InChI=1S/C29H32N8OS/c1-38-28-7-4-20(13-33-28)16-36-24-11-25(36)19-35(18-24)27-6-5-21(14-32-27)26-10-23(31-8-3-9-39-2)17-37-29(26)22(12-30)15-34-37/h4-7,10,13-15,17,24-25,31H,3,8-9,11,16,18-19H2,1-2H3. The van der Waals surface area contributed by atoms with Gasteiger partial charge in [-0.05, 0) is 48.6 Å². The number of rotatable bonds is 10. The van der Waals surface area contributed by atoms with Crippen LogP contribution in [0.2, 0.25) is 0 Å². The van der Waals surface area contributed by atoms with Crippen LogP contribution in [0, 0.1) is 11.3 Å². The predicted octanol–water partition coefficient (Wildman–Crippen LogP) is 4.30. The van der Waals surface area contributed by atoms with Crippen molar-refractivity contribution in [1.82, 2.24) is 24.5 Å². The smallest absolute Gasteiger partial charge is 0.212 e. The maximum atomic E-state index is 9.69. The number of thioether (sulfide) groups is 1. The highest BCUT2D eigenvalue weighted by Crippen LogP contribution is 2.36. The zero-order valence-electron chi connectivity index (χ0n) is 22.2. The van der Waals surface area contributed by atoms with Crippen molar-refractivity contribution in [3.8, 4) is 23.1 Å². The van der Waals surface area contributed by atoms with Crippen molar-refractivity contribution in [2.24, 2.45) is 0 Å². The van der Waals surface area contributed by atoms with E-state index in [0.717, 1.165) is 66.5 Å². The first-order chi connectivity index (χ1) is 19.2. The number of piperazine rings is 1. The second kappa shape index (κ2) is 11.1. The molecule has 0 aliphatic carbocycles. The number of methoxy groups -OCH3 is 1. The molecule has 200 valence electrons. The molecular weight excluding hydrogens is 508 g/mol. The summed E-state index contributed by atoms with van der Waals surface area (Å²) in [6.45, 7) is 3.73. The number of pyridine rings is 3. The summed E-state index contributed by atoms with van der Waals surface area (Å²) in [5, 5.41) is 17.6. The van der Waals surface area contributed by atoms with Crippen molar-refractivity contribution in [2.45, 2.75) is 31.5 Å². The van der Waals surface area contributed by atoms with E-state index >= 15 is 0 Å². The van der Waals surface area contributed by atoms with E-state index in [1.807, 2.05) is 36.4 Å². The van der Waals surface area contributed by atoms with Crippen LogP contribution in [0.5, 0.6) is 5.88 Å². The van der Waals surface area contributed by atoms with Crippen LogP contribution in [0.1, 0.15) is 24.0 Å². The third kappa shape index (κ3) is 5.12. The van der Waals surface area contributed by atoms with Crippen molar-refractivity contribution >= 4 is 28.8 Å². The summed E-state index contributed by atoms with van der Waals surface area (Å²) in [7, 11) is 1.64. The van der Waals surface area contributed by atoms with Crippen molar-refractivity contribution < 1.29 is 4.74 Å². The third-order valence-corrected chi connectivity index (χ3v) is 8.38. The molecule has 2 unspecified atom stereocenters. The van der Waals surface area contributed by atoms with E-state index in [0.29, 0.717) is 23.5 Å². The molecule has 0 amide bonds. The Balaban J connectivity index is 1.17. The second-order valence-electron chi connectivity index (χ2n) is 10.1. The first kappa shape index (κ1) is 25.5. The van der Waals surface area contributed by atoms with Crippen LogP contribution < -0.4 is 15.0 Å². The number of nitriles is 1. The predicted molar refractivity (Wildman–Crippen MR) is 155 cm³/mol. The maximum absolute atomic E-state index is 9.69. The fourth-order valence-electron chi connectivity index (χ4n) is 5.67. The molecular formula is C29H32N8OS. The quantitative estimate of drug-likeness (QED) is 0.296. The lowest BCUT2D eigenvalue weighted by Gasteiger charge is -2.56. The average molecular weight is 541 g/mol. The van der Waals surface area contributed by atoms with Gasteiger partial charge >= 0.3 is 0 Å². The number of hydrogen-bond acceptors (Lipinski definition) is 9. The van der Waals surface area contributed by atoms with Gasteiger partial charge in [0, 0.05) is 67.8 Å². The normalized spacial score (nSPS) is 18.5. The Labute approximate surface area is 232 Å². The van der Waals surface area contributed by atoms with Gasteiger partial charge in [-0.25, -0.2) is 14.5 Å². The second-order valence-corrected chi connectivity index (χ2v) is 11.1. The molecule has 4 aromatic rings. The number of piperidine rings is 1. The number of fused-ring (bicyclic) bond motifs is 3. The maximum Gasteiger partial charge on any atom is 0.212 e. The zero-order valence-corrected chi connectivity index (χ0v) is 23.1. The van der Waals surface area contributed by atoms with Gasteiger partial charge in [0.1, 0.15) is 11.9 Å². The monoisotopic (exact) mass is 540 g/mol. The summed E-state index contributed by atoms with van der Waals surface area (Å²) < 4.78 is 6.98. The van der Waals surface area contributed by atoms with Gasteiger partial charge in [0.05, 0.1) is 36.3 Å². The highest BCUT2D eigenvalue weighted by molar-refractivity contribution is 7.98. The molecule has 2 atom stereocenters. The molecule has 10 heteroatoms. The van der Waals surface area contributed by atoms with Gasteiger partial charge in [0.2, 0.25) is 5.88 Å². The Morgan fingerprint density at radius 2 is 2.00 bits per heavy atom. The van der Waals surface area contributed by atoms with Gasteiger partial charge in [-0.1, -0.05) is 6.07 Å². The van der Waals surface area contributed by atoms with Gasteiger partial charge in [-0.2, -0.15) is 22.1 Å². The molecule has 0 spiro atoms. The summed E-state index contributed by atoms with van der Waals surface area (Å²) in [6.07, 6.45) is 11.9. The molecule has 2 bridgehead atoms. The molecule has 0 radical (unpaired) electrons. The summed E-state index contributed by atoms with van der Waals surface area (Å²) in [6, 6.07) is 13.7. The van der Waals surface area contributed by atoms with E-state index in [2.05, 4.69) is 61.8 Å². The molecule has 3 saturated heterocycles. The largest absolute Gasteiger partial charge is 0.481 e. The van der Waals surface area contributed by atoms with Crippen molar-refractivity contribution in [2.75, 3.05) is 49.0 Å². The average Bonchev–Trinajstić information content (AvgIpc) is 3.41. The van der Waals surface area contributed by atoms with Crippen LogP contribution in [-0.4, -0.2) is 75.3 Å². The molecule has 4 aromatic heterocycles. The minimum atomic E-state index is 0.519. The van der Waals surface area contributed by atoms with E-state index in [-0.39, 0.29) is 0 Å². The summed E-state index contributed by atoms with van der Waals surface area (Å²) in [5.41, 5.74) is 5.50. The first-order valence-corrected chi connectivity index (χ1v) is 14.7. The SMILES string of the molecule is COc1ccc(CN2C3CC2CN(c2ccc(-c4cc(NCCCSC)cn5ncc(C#N)c45)cn2)C3)cn1. The van der Waals surface area contributed by atoms with Gasteiger partial charge < -0.3 is 15.0 Å². The number of nitrogens with one attached hydrogen (secondary N) is 1. The summed E-state index contributed by atoms with van der Waals surface area (Å²) in [4.78, 5) is 14.2. The van der Waals surface area contributed by atoms with E-state index < -0.39 is 0 Å².